The van der Waals surface area contributed by atoms with Crippen LogP contribution in [0, 0.1) is 0 Å². The molecule has 2 rings (SSSR count). The molecule has 1 aliphatic heterocycles. The Morgan fingerprint density at radius 2 is 2.08 bits per heavy atom. The van der Waals surface area contributed by atoms with Crippen molar-refractivity contribution < 1.29 is 19.1 Å². The van der Waals surface area contributed by atoms with Crippen LogP contribution in [0.25, 0.3) is 0 Å². The van der Waals surface area contributed by atoms with Crippen LogP contribution in [0.2, 0.25) is 0 Å². The maximum absolute atomic E-state index is 12.0. The standard InChI is InChI=1S/C16H23N3O4S/c1-3-5-6-12(20)18-15-13(14(17)21)10-7-8-19(9-11(10)24-15)16(22)23-4-2/h3-9H2,1-2H3,(H2,17,21)(H,18,20). The number of nitrogens with two attached hydrogens (primary N) is 1. The van der Waals surface area contributed by atoms with Gasteiger partial charge >= 0.3 is 6.09 Å². The number of ether oxygens (including phenoxy) is 1. The van der Waals surface area contributed by atoms with Gasteiger partial charge in [0.25, 0.3) is 5.91 Å². The topological polar surface area (TPSA) is 102 Å². The van der Waals surface area contributed by atoms with Crippen LogP contribution in [0.1, 0.15) is 53.9 Å². The van der Waals surface area contributed by atoms with Gasteiger partial charge in [0.1, 0.15) is 5.00 Å². The molecule has 0 aliphatic carbocycles. The van der Waals surface area contributed by atoms with Crippen molar-refractivity contribution in [3.8, 4) is 0 Å². The lowest BCUT2D eigenvalue weighted by atomic mass is 10.0. The Morgan fingerprint density at radius 3 is 2.71 bits per heavy atom. The average molecular weight is 353 g/mol. The van der Waals surface area contributed by atoms with E-state index < -0.39 is 5.91 Å². The van der Waals surface area contributed by atoms with Crippen LogP contribution in [0.3, 0.4) is 0 Å². The van der Waals surface area contributed by atoms with Gasteiger partial charge in [-0.25, -0.2) is 4.79 Å². The van der Waals surface area contributed by atoms with E-state index in [-0.39, 0.29) is 12.0 Å². The lowest BCUT2D eigenvalue weighted by Crippen LogP contribution is -2.36. The molecule has 7 nitrogen and oxygen atoms in total. The highest BCUT2D eigenvalue weighted by Crippen LogP contribution is 2.37. The second kappa shape index (κ2) is 8.14. The minimum Gasteiger partial charge on any atom is -0.450 e. The number of rotatable bonds is 6. The van der Waals surface area contributed by atoms with Crippen LogP contribution < -0.4 is 11.1 Å². The monoisotopic (exact) mass is 353 g/mol. The van der Waals surface area contributed by atoms with Crippen molar-refractivity contribution in [1.29, 1.82) is 0 Å². The number of carbonyl (C=O) groups is 3. The molecule has 2 heterocycles. The normalized spacial score (nSPS) is 13.3. The third-order valence-electron chi connectivity index (χ3n) is 3.84. The predicted octanol–water partition coefficient (Wildman–Crippen LogP) is 2.49. The summed E-state index contributed by atoms with van der Waals surface area (Å²) in [4.78, 5) is 38.2. The summed E-state index contributed by atoms with van der Waals surface area (Å²) in [5, 5.41) is 3.28. The van der Waals surface area contributed by atoms with E-state index in [2.05, 4.69) is 5.32 Å². The van der Waals surface area contributed by atoms with Crippen molar-refractivity contribution in [1.82, 2.24) is 4.90 Å². The highest BCUT2D eigenvalue weighted by molar-refractivity contribution is 7.17. The molecule has 0 aromatic carbocycles. The van der Waals surface area contributed by atoms with Crippen LogP contribution in [-0.4, -0.2) is 36.0 Å². The third-order valence-corrected chi connectivity index (χ3v) is 4.97. The van der Waals surface area contributed by atoms with Crippen molar-refractivity contribution in [2.45, 2.75) is 46.1 Å². The molecule has 0 atom stereocenters. The zero-order chi connectivity index (χ0) is 17.7. The first kappa shape index (κ1) is 18.3. The maximum atomic E-state index is 12.0. The van der Waals surface area contributed by atoms with E-state index in [4.69, 9.17) is 10.5 Å². The predicted molar refractivity (Wildman–Crippen MR) is 92.1 cm³/mol. The van der Waals surface area contributed by atoms with Gasteiger partial charge in [-0.1, -0.05) is 13.3 Å². The molecule has 24 heavy (non-hydrogen) atoms. The summed E-state index contributed by atoms with van der Waals surface area (Å²) in [5.41, 5.74) is 6.72. The summed E-state index contributed by atoms with van der Waals surface area (Å²) >= 11 is 1.31. The molecule has 0 unspecified atom stereocenters. The molecule has 0 saturated heterocycles. The molecule has 1 aromatic heterocycles. The van der Waals surface area contributed by atoms with E-state index >= 15 is 0 Å². The molecular formula is C16H23N3O4S. The number of hydrogen-bond donors (Lipinski definition) is 2. The summed E-state index contributed by atoms with van der Waals surface area (Å²) in [6.07, 6.45) is 2.27. The number of primary amides is 1. The van der Waals surface area contributed by atoms with Gasteiger partial charge in [-0.3, -0.25) is 9.59 Å². The van der Waals surface area contributed by atoms with Crippen LogP contribution in [0.4, 0.5) is 9.80 Å². The van der Waals surface area contributed by atoms with Crippen molar-refractivity contribution >= 4 is 34.2 Å². The molecule has 0 bridgehead atoms. The van der Waals surface area contributed by atoms with Gasteiger partial charge in [-0.05, 0) is 25.3 Å². The number of nitrogens with zero attached hydrogens (tertiary/aromatic N) is 1. The number of unbranched alkanes of at least 4 members (excludes halogenated alkanes) is 1. The lowest BCUT2D eigenvalue weighted by Gasteiger charge is -2.26. The Labute approximate surface area is 145 Å². The van der Waals surface area contributed by atoms with E-state index in [1.165, 1.54) is 11.3 Å². The van der Waals surface area contributed by atoms with Crippen LogP contribution in [0.15, 0.2) is 0 Å². The molecule has 0 fully saturated rings. The van der Waals surface area contributed by atoms with E-state index in [0.29, 0.717) is 43.1 Å². The number of amides is 3. The maximum Gasteiger partial charge on any atom is 0.410 e. The molecule has 132 valence electrons. The van der Waals surface area contributed by atoms with E-state index in [9.17, 15) is 14.4 Å². The van der Waals surface area contributed by atoms with Crippen molar-refractivity contribution in [3.63, 3.8) is 0 Å². The highest BCUT2D eigenvalue weighted by Gasteiger charge is 2.29. The fourth-order valence-electron chi connectivity index (χ4n) is 2.65. The average Bonchev–Trinajstić information content (AvgIpc) is 2.89. The fraction of sp³-hybridized carbons (Fsp3) is 0.562. The zero-order valence-electron chi connectivity index (χ0n) is 14.0. The Morgan fingerprint density at radius 1 is 1.33 bits per heavy atom. The van der Waals surface area contributed by atoms with E-state index in [0.717, 1.165) is 23.3 Å². The van der Waals surface area contributed by atoms with Gasteiger partial charge < -0.3 is 20.7 Å². The molecule has 0 spiro atoms. The van der Waals surface area contributed by atoms with Crippen LogP contribution >= 0.6 is 11.3 Å². The Hall–Kier alpha value is -2.09. The third kappa shape index (κ3) is 4.05. The van der Waals surface area contributed by atoms with Gasteiger partial charge in [-0.2, -0.15) is 0 Å². The fourth-order valence-corrected chi connectivity index (χ4v) is 3.93. The minimum absolute atomic E-state index is 0.125. The summed E-state index contributed by atoms with van der Waals surface area (Å²) < 4.78 is 5.02. The number of fused-ring (bicyclic) bond motifs is 1. The first-order valence-corrected chi connectivity index (χ1v) is 8.95. The summed E-state index contributed by atoms with van der Waals surface area (Å²) in [6.45, 7) is 4.91. The molecule has 3 amide bonds. The van der Waals surface area contributed by atoms with Crippen molar-refractivity contribution in [2.75, 3.05) is 18.5 Å². The van der Waals surface area contributed by atoms with Gasteiger partial charge in [-0.15, -0.1) is 11.3 Å². The summed E-state index contributed by atoms with van der Waals surface area (Å²) in [7, 11) is 0. The van der Waals surface area contributed by atoms with Crippen molar-refractivity contribution in [3.05, 3.63) is 16.0 Å². The van der Waals surface area contributed by atoms with Gasteiger partial charge in [0.05, 0.1) is 18.7 Å². The van der Waals surface area contributed by atoms with Gasteiger partial charge in [0, 0.05) is 17.8 Å². The van der Waals surface area contributed by atoms with Gasteiger partial charge in [0.15, 0.2) is 0 Å². The number of nitrogens with one attached hydrogen (secondary N) is 1. The molecule has 3 N–H and O–H groups in total. The number of hydrogen-bond acceptors (Lipinski definition) is 5. The number of carbonyl (C=O) groups excluding carboxylic acids is 3. The molecular weight excluding hydrogens is 330 g/mol. The van der Waals surface area contributed by atoms with Crippen LogP contribution in [0.5, 0.6) is 0 Å². The zero-order valence-corrected chi connectivity index (χ0v) is 14.8. The summed E-state index contributed by atoms with van der Waals surface area (Å²) in [6, 6.07) is 0. The molecule has 1 aliphatic rings. The first-order valence-electron chi connectivity index (χ1n) is 8.13. The SMILES string of the molecule is CCCCC(=O)Nc1sc2c(c1C(N)=O)CCN(C(=O)OCC)C2. The van der Waals surface area contributed by atoms with Gasteiger partial charge in [0.2, 0.25) is 5.91 Å². The molecule has 0 saturated carbocycles. The minimum atomic E-state index is -0.553. The van der Waals surface area contributed by atoms with Crippen molar-refractivity contribution in [2.24, 2.45) is 5.73 Å². The number of thiophene rings is 1. The Kier molecular flexibility index (Phi) is 6.19. The first-order chi connectivity index (χ1) is 11.5. The Bertz CT molecular complexity index is 642. The number of anilines is 1. The second-order valence-corrected chi connectivity index (χ2v) is 6.70. The second-order valence-electron chi connectivity index (χ2n) is 5.59. The molecule has 8 heteroatoms. The largest absolute Gasteiger partial charge is 0.450 e. The molecule has 1 aromatic rings. The highest BCUT2D eigenvalue weighted by atomic mass is 32.1. The Balaban J connectivity index is 2.21. The summed E-state index contributed by atoms with van der Waals surface area (Å²) in [5.74, 6) is -0.678. The lowest BCUT2D eigenvalue weighted by molar-refractivity contribution is -0.116. The smallest absolute Gasteiger partial charge is 0.410 e. The quantitative estimate of drug-likeness (QED) is 0.820. The molecule has 0 radical (unpaired) electrons. The van der Waals surface area contributed by atoms with Crippen LogP contribution in [-0.2, 0) is 22.5 Å². The van der Waals surface area contributed by atoms with E-state index in [1.807, 2.05) is 6.92 Å². The van der Waals surface area contributed by atoms with E-state index in [1.54, 1.807) is 11.8 Å².